The van der Waals surface area contributed by atoms with E-state index in [4.69, 9.17) is 55.9 Å². The van der Waals surface area contributed by atoms with Gasteiger partial charge in [-0.1, -0.05) is 46.4 Å². The summed E-state index contributed by atoms with van der Waals surface area (Å²) in [6.45, 7) is 2.06. The molecule has 0 spiro atoms. The average molecular weight is 316 g/mol. The van der Waals surface area contributed by atoms with Crippen molar-refractivity contribution in [1.29, 1.82) is 0 Å². The van der Waals surface area contributed by atoms with Crippen molar-refractivity contribution in [2.45, 2.75) is 6.92 Å². The molecule has 0 fully saturated rings. The zero-order valence-corrected chi connectivity index (χ0v) is 12.2. The van der Waals surface area contributed by atoms with Gasteiger partial charge in [-0.25, -0.2) is 0 Å². The molecular weight excluding hydrogens is 306 g/mol. The fourth-order valence-corrected chi connectivity index (χ4v) is 1.90. The molecule has 1 aromatic carbocycles. The van der Waals surface area contributed by atoms with Gasteiger partial charge in [0.05, 0.1) is 7.11 Å². The highest BCUT2D eigenvalue weighted by Gasteiger charge is 2.14. The minimum absolute atomic E-state index is 0.137. The molecule has 1 rings (SSSR count). The molecule has 6 heteroatoms. The van der Waals surface area contributed by atoms with Crippen LogP contribution < -0.4 is 9.47 Å². The van der Waals surface area contributed by atoms with Crippen LogP contribution in [-0.4, -0.2) is 13.7 Å². The van der Waals surface area contributed by atoms with Gasteiger partial charge < -0.3 is 9.47 Å². The molecule has 17 heavy (non-hydrogen) atoms. The zero-order valence-electron chi connectivity index (χ0n) is 9.19. The maximum Gasteiger partial charge on any atom is 0.142 e. The lowest BCUT2D eigenvalue weighted by Gasteiger charge is -2.13. The third kappa shape index (κ3) is 3.85. The second-order valence-electron chi connectivity index (χ2n) is 3.16. The van der Waals surface area contributed by atoms with Gasteiger partial charge in [0.25, 0.3) is 0 Å². The summed E-state index contributed by atoms with van der Waals surface area (Å²) in [7, 11) is 1.53. The molecular formula is C11H10Cl4O2. The van der Waals surface area contributed by atoms with E-state index >= 15 is 0 Å². The molecule has 0 atom stereocenters. The smallest absolute Gasteiger partial charge is 0.142 e. The molecule has 0 saturated heterocycles. The molecule has 0 radical (unpaired) electrons. The number of hydrogen-bond acceptors (Lipinski definition) is 2. The van der Waals surface area contributed by atoms with Crippen molar-refractivity contribution in [2.75, 3.05) is 13.7 Å². The van der Waals surface area contributed by atoms with Crippen LogP contribution in [0.1, 0.15) is 5.56 Å². The quantitative estimate of drug-likeness (QED) is 0.777. The van der Waals surface area contributed by atoms with Crippen LogP contribution in [0.15, 0.2) is 16.6 Å². The van der Waals surface area contributed by atoms with Crippen molar-refractivity contribution in [3.8, 4) is 11.5 Å². The van der Waals surface area contributed by atoms with Crippen LogP contribution in [0.2, 0.25) is 10.0 Å². The van der Waals surface area contributed by atoms with Gasteiger partial charge in [0.15, 0.2) is 0 Å². The predicted octanol–water partition coefficient (Wildman–Crippen LogP) is 5.01. The van der Waals surface area contributed by atoms with Gasteiger partial charge in [-0.2, -0.15) is 0 Å². The average Bonchev–Trinajstić information content (AvgIpc) is 2.25. The number of aryl methyl sites for hydroxylation is 1. The molecule has 0 N–H and O–H groups in total. The van der Waals surface area contributed by atoms with E-state index in [1.54, 1.807) is 6.07 Å². The molecule has 0 unspecified atom stereocenters. The van der Waals surface area contributed by atoms with Gasteiger partial charge in [-0.15, -0.1) is 0 Å². The molecule has 0 aliphatic rings. The normalized spacial score (nSPS) is 10.0. The number of benzene rings is 1. The fraction of sp³-hybridized carbons (Fsp3) is 0.273. The molecule has 0 aliphatic heterocycles. The van der Waals surface area contributed by atoms with Gasteiger partial charge in [0.1, 0.15) is 32.6 Å². The Labute approximate surface area is 120 Å². The Bertz CT molecular complexity index is 440. The number of methoxy groups -OCH3 is 1. The SMILES string of the molecule is COc1c(C)cc(OCC=C(Cl)Cl)c(Cl)c1Cl. The van der Waals surface area contributed by atoms with Crippen molar-refractivity contribution in [3.63, 3.8) is 0 Å². The van der Waals surface area contributed by atoms with E-state index in [0.29, 0.717) is 21.5 Å². The lowest BCUT2D eigenvalue weighted by molar-refractivity contribution is 0.360. The number of rotatable bonds is 4. The van der Waals surface area contributed by atoms with E-state index in [1.165, 1.54) is 13.2 Å². The first-order valence-corrected chi connectivity index (χ1v) is 6.15. The van der Waals surface area contributed by atoms with E-state index in [1.807, 2.05) is 6.92 Å². The first kappa shape index (κ1) is 14.8. The highest BCUT2D eigenvalue weighted by atomic mass is 35.5. The second-order valence-corrected chi connectivity index (χ2v) is 4.92. The van der Waals surface area contributed by atoms with Crippen molar-refractivity contribution in [1.82, 2.24) is 0 Å². The summed E-state index contributed by atoms with van der Waals surface area (Å²) < 4.78 is 10.7. The van der Waals surface area contributed by atoms with Gasteiger partial charge in [0.2, 0.25) is 0 Å². The van der Waals surface area contributed by atoms with Gasteiger partial charge in [0, 0.05) is 0 Å². The summed E-state index contributed by atoms with van der Waals surface area (Å²) in [6, 6.07) is 1.74. The lowest BCUT2D eigenvalue weighted by Crippen LogP contribution is -1.97. The van der Waals surface area contributed by atoms with Crippen LogP contribution in [0.4, 0.5) is 0 Å². The van der Waals surface area contributed by atoms with Crippen molar-refractivity contribution < 1.29 is 9.47 Å². The number of ether oxygens (including phenoxy) is 2. The minimum atomic E-state index is 0.137. The Morgan fingerprint density at radius 2 is 1.94 bits per heavy atom. The van der Waals surface area contributed by atoms with E-state index in [0.717, 1.165) is 5.56 Å². The fourth-order valence-electron chi connectivity index (χ4n) is 1.26. The van der Waals surface area contributed by atoms with Gasteiger partial charge in [-0.3, -0.25) is 0 Å². The first-order valence-electron chi connectivity index (χ1n) is 4.64. The van der Waals surface area contributed by atoms with E-state index in [2.05, 4.69) is 0 Å². The predicted molar refractivity (Wildman–Crippen MR) is 73.0 cm³/mol. The Kier molecular flexibility index (Phi) is 5.74. The first-order chi connectivity index (χ1) is 7.97. The minimum Gasteiger partial charge on any atom is -0.495 e. The maximum atomic E-state index is 6.04. The Morgan fingerprint density at radius 1 is 1.29 bits per heavy atom. The van der Waals surface area contributed by atoms with Crippen LogP contribution in [0.25, 0.3) is 0 Å². The van der Waals surface area contributed by atoms with Crippen LogP contribution in [0.5, 0.6) is 11.5 Å². The second kappa shape index (κ2) is 6.60. The molecule has 2 nitrogen and oxygen atoms in total. The zero-order chi connectivity index (χ0) is 13.0. The van der Waals surface area contributed by atoms with Crippen LogP contribution in [0, 0.1) is 6.92 Å². The van der Waals surface area contributed by atoms with Gasteiger partial charge in [-0.05, 0) is 24.6 Å². The summed E-state index contributed by atoms with van der Waals surface area (Å²) in [6.07, 6.45) is 1.51. The van der Waals surface area contributed by atoms with Crippen LogP contribution >= 0.6 is 46.4 Å². The third-order valence-corrected chi connectivity index (χ3v) is 3.14. The molecule has 94 valence electrons. The van der Waals surface area contributed by atoms with Crippen LogP contribution in [-0.2, 0) is 0 Å². The molecule has 0 amide bonds. The molecule has 0 heterocycles. The molecule has 0 aromatic heterocycles. The van der Waals surface area contributed by atoms with Crippen molar-refractivity contribution in [2.24, 2.45) is 0 Å². The molecule has 1 aromatic rings. The Hall–Kier alpha value is -0.280. The van der Waals surface area contributed by atoms with E-state index in [-0.39, 0.29) is 11.1 Å². The highest BCUT2D eigenvalue weighted by molar-refractivity contribution is 6.55. The molecule has 0 bridgehead atoms. The lowest BCUT2D eigenvalue weighted by atomic mass is 10.2. The largest absolute Gasteiger partial charge is 0.495 e. The highest BCUT2D eigenvalue weighted by Crippen LogP contribution is 2.41. The van der Waals surface area contributed by atoms with Crippen molar-refractivity contribution >= 4 is 46.4 Å². The summed E-state index contributed by atoms with van der Waals surface area (Å²) >= 11 is 23.0. The third-order valence-electron chi connectivity index (χ3n) is 1.99. The summed E-state index contributed by atoms with van der Waals surface area (Å²) in [5.41, 5.74) is 0.831. The molecule has 0 aliphatic carbocycles. The van der Waals surface area contributed by atoms with Gasteiger partial charge >= 0.3 is 0 Å². The Balaban J connectivity index is 2.98. The van der Waals surface area contributed by atoms with E-state index < -0.39 is 0 Å². The topological polar surface area (TPSA) is 18.5 Å². The Morgan fingerprint density at radius 3 is 2.47 bits per heavy atom. The van der Waals surface area contributed by atoms with E-state index in [9.17, 15) is 0 Å². The summed E-state index contributed by atoms with van der Waals surface area (Å²) in [5, 5.41) is 0.623. The maximum absolute atomic E-state index is 6.04. The summed E-state index contributed by atoms with van der Waals surface area (Å²) in [5.74, 6) is 0.996. The number of halogens is 4. The van der Waals surface area contributed by atoms with Crippen molar-refractivity contribution in [3.05, 3.63) is 32.2 Å². The standard InChI is InChI=1S/C11H10Cl4O2/c1-6-5-7(17-4-3-8(12)13)9(14)10(15)11(6)16-2/h3,5H,4H2,1-2H3. The monoisotopic (exact) mass is 314 g/mol. The molecule has 0 saturated carbocycles. The van der Waals surface area contributed by atoms with Crippen LogP contribution in [0.3, 0.4) is 0 Å². The number of hydrogen-bond donors (Lipinski definition) is 0. The summed E-state index contributed by atoms with van der Waals surface area (Å²) in [4.78, 5) is 0.